The Morgan fingerprint density at radius 2 is 2.38 bits per heavy atom. The number of thiazole rings is 1. The minimum atomic E-state index is 0.0628. The lowest BCUT2D eigenvalue weighted by atomic mass is 9.91. The maximum atomic E-state index is 11.7. The number of nitrogens with one attached hydrogen (secondary N) is 1. The van der Waals surface area contributed by atoms with Crippen LogP contribution in [0.4, 0.5) is 0 Å². The van der Waals surface area contributed by atoms with Crippen molar-refractivity contribution in [1.82, 2.24) is 10.3 Å². The van der Waals surface area contributed by atoms with Crippen LogP contribution in [-0.2, 0) is 0 Å². The van der Waals surface area contributed by atoms with Crippen LogP contribution in [-0.4, -0.2) is 29.4 Å². The van der Waals surface area contributed by atoms with Crippen LogP contribution in [0.5, 0.6) is 0 Å². The molecule has 1 saturated carbocycles. The lowest BCUT2D eigenvalue weighted by Gasteiger charge is -2.29. The molecule has 16 heavy (non-hydrogen) atoms. The van der Waals surface area contributed by atoms with Crippen molar-refractivity contribution in [2.75, 3.05) is 6.54 Å². The zero-order valence-electron chi connectivity index (χ0n) is 9.19. The number of carbonyl (C=O) groups excluding carboxylic acids is 1. The van der Waals surface area contributed by atoms with Crippen molar-refractivity contribution >= 4 is 17.1 Å². The predicted octanol–water partition coefficient (Wildman–Crippen LogP) is 1.19. The fourth-order valence-corrected chi connectivity index (χ4v) is 2.65. The maximum Gasteiger partial charge on any atom is 0.205 e. The number of nitrogens with two attached hydrogens (primary N) is 1. The summed E-state index contributed by atoms with van der Waals surface area (Å²) in [5, 5.41) is 5.65. The van der Waals surface area contributed by atoms with E-state index in [4.69, 9.17) is 5.73 Å². The Labute approximate surface area is 99.3 Å². The van der Waals surface area contributed by atoms with Crippen LogP contribution in [0, 0.1) is 0 Å². The van der Waals surface area contributed by atoms with E-state index in [-0.39, 0.29) is 17.9 Å². The molecule has 3 N–H and O–H groups in total. The summed E-state index contributed by atoms with van der Waals surface area (Å²) in [5.74, 6) is 0.0628. The first-order chi connectivity index (χ1) is 7.77. The van der Waals surface area contributed by atoms with E-state index in [0.29, 0.717) is 11.6 Å². The van der Waals surface area contributed by atoms with Gasteiger partial charge in [0.2, 0.25) is 5.78 Å². The molecule has 0 amide bonds. The smallest absolute Gasteiger partial charge is 0.205 e. The van der Waals surface area contributed by atoms with Gasteiger partial charge in [0.25, 0.3) is 0 Å². The molecule has 0 aliphatic heterocycles. The molecule has 2 unspecified atom stereocenters. The van der Waals surface area contributed by atoms with Gasteiger partial charge >= 0.3 is 0 Å². The second-order valence-corrected chi connectivity index (χ2v) is 5.09. The number of hydrogen-bond donors (Lipinski definition) is 2. The third-order valence-corrected chi connectivity index (χ3v) is 3.83. The summed E-state index contributed by atoms with van der Waals surface area (Å²) in [7, 11) is 0. The van der Waals surface area contributed by atoms with Crippen LogP contribution in [0.2, 0.25) is 0 Å². The van der Waals surface area contributed by atoms with Crippen LogP contribution in [0.15, 0.2) is 11.6 Å². The standard InChI is InChI=1S/C11H17N3OS/c12-8-3-1-2-4-9(8)14-7-10(15)11-13-5-6-16-11/h5-6,8-9,14H,1-4,7,12H2. The number of carbonyl (C=O) groups is 1. The molecule has 1 aromatic heterocycles. The van der Waals surface area contributed by atoms with Crippen molar-refractivity contribution in [2.45, 2.75) is 37.8 Å². The van der Waals surface area contributed by atoms with Crippen molar-refractivity contribution in [3.63, 3.8) is 0 Å². The van der Waals surface area contributed by atoms with E-state index in [1.165, 1.54) is 24.2 Å². The van der Waals surface area contributed by atoms with Gasteiger partial charge in [-0.25, -0.2) is 4.98 Å². The Balaban J connectivity index is 1.80. The molecule has 0 bridgehead atoms. The molecule has 2 rings (SSSR count). The number of hydrogen-bond acceptors (Lipinski definition) is 5. The van der Waals surface area contributed by atoms with Crippen molar-refractivity contribution in [3.05, 3.63) is 16.6 Å². The fourth-order valence-electron chi connectivity index (χ4n) is 2.07. The van der Waals surface area contributed by atoms with Crippen molar-refractivity contribution < 1.29 is 4.79 Å². The zero-order chi connectivity index (χ0) is 11.4. The van der Waals surface area contributed by atoms with Gasteiger partial charge in [-0.3, -0.25) is 4.79 Å². The zero-order valence-corrected chi connectivity index (χ0v) is 10.0. The molecule has 4 nitrogen and oxygen atoms in total. The number of nitrogens with zero attached hydrogens (tertiary/aromatic N) is 1. The molecule has 1 aromatic rings. The molecule has 0 spiro atoms. The Morgan fingerprint density at radius 1 is 1.56 bits per heavy atom. The van der Waals surface area contributed by atoms with E-state index in [9.17, 15) is 4.79 Å². The third-order valence-electron chi connectivity index (χ3n) is 3.02. The minimum Gasteiger partial charge on any atom is -0.326 e. The van der Waals surface area contributed by atoms with Crippen LogP contribution in [0.3, 0.4) is 0 Å². The molecule has 2 atom stereocenters. The number of rotatable bonds is 4. The Bertz CT molecular complexity index is 339. The normalized spacial score (nSPS) is 25.6. The van der Waals surface area contributed by atoms with Gasteiger partial charge in [0.05, 0.1) is 6.54 Å². The monoisotopic (exact) mass is 239 g/mol. The average molecular weight is 239 g/mol. The Hall–Kier alpha value is -0.780. The van der Waals surface area contributed by atoms with Crippen molar-refractivity contribution in [1.29, 1.82) is 0 Å². The first-order valence-electron chi connectivity index (χ1n) is 5.69. The number of Topliss-reactive ketones (excluding diaryl/α,β-unsaturated/α-hetero) is 1. The molecule has 1 heterocycles. The van der Waals surface area contributed by atoms with E-state index in [1.807, 2.05) is 5.38 Å². The second kappa shape index (κ2) is 5.52. The fraction of sp³-hybridized carbons (Fsp3) is 0.636. The van der Waals surface area contributed by atoms with E-state index >= 15 is 0 Å². The maximum absolute atomic E-state index is 11.7. The highest BCUT2D eigenvalue weighted by molar-refractivity contribution is 7.11. The summed E-state index contributed by atoms with van der Waals surface area (Å²) in [5.41, 5.74) is 6.00. The molecule has 1 aliphatic carbocycles. The quantitative estimate of drug-likeness (QED) is 0.774. The van der Waals surface area contributed by atoms with Crippen LogP contribution in [0.1, 0.15) is 35.5 Å². The predicted molar refractivity (Wildman–Crippen MR) is 64.7 cm³/mol. The van der Waals surface area contributed by atoms with Gasteiger partial charge in [0, 0.05) is 23.7 Å². The van der Waals surface area contributed by atoms with Gasteiger partial charge in [0.1, 0.15) is 0 Å². The SMILES string of the molecule is NC1CCCCC1NCC(=O)c1nccs1. The molecule has 5 heteroatoms. The van der Waals surface area contributed by atoms with Crippen LogP contribution < -0.4 is 11.1 Å². The molecule has 1 aliphatic rings. The molecule has 1 fully saturated rings. The summed E-state index contributed by atoms with van der Waals surface area (Å²) < 4.78 is 0. The Morgan fingerprint density at radius 3 is 3.06 bits per heavy atom. The average Bonchev–Trinajstić information content (AvgIpc) is 2.81. The number of aromatic nitrogens is 1. The van der Waals surface area contributed by atoms with E-state index in [2.05, 4.69) is 10.3 Å². The largest absolute Gasteiger partial charge is 0.326 e. The first kappa shape index (κ1) is 11.7. The van der Waals surface area contributed by atoms with Gasteiger partial charge in [-0.2, -0.15) is 0 Å². The summed E-state index contributed by atoms with van der Waals surface area (Å²) in [6.45, 7) is 0.353. The molecular formula is C11H17N3OS. The summed E-state index contributed by atoms with van der Waals surface area (Å²) >= 11 is 1.39. The van der Waals surface area contributed by atoms with Crippen molar-refractivity contribution in [3.8, 4) is 0 Å². The van der Waals surface area contributed by atoms with Gasteiger partial charge < -0.3 is 11.1 Å². The van der Waals surface area contributed by atoms with Crippen molar-refractivity contribution in [2.24, 2.45) is 5.73 Å². The summed E-state index contributed by atoms with van der Waals surface area (Å²) in [6, 6.07) is 0.482. The van der Waals surface area contributed by atoms with Gasteiger partial charge in [-0.1, -0.05) is 12.8 Å². The highest BCUT2D eigenvalue weighted by Gasteiger charge is 2.22. The summed E-state index contributed by atoms with van der Waals surface area (Å²) in [4.78, 5) is 15.7. The third kappa shape index (κ3) is 2.87. The topological polar surface area (TPSA) is 68.0 Å². The lowest BCUT2D eigenvalue weighted by molar-refractivity contribution is 0.0983. The van der Waals surface area contributed by atoms with Gasteiger partial charge in [0.15, 0.2) is 5.01 Å². The summed E-state index contributed by atoms with van der Waals surface area (Å²) in [6.07, 6.45) is 6.20. The van der Waals surface area contributed by atoms with Crippen LogP contribution >= 0.6 is 11.3 Å². The van der Waals surface area contributed by atoms with E-state index in [0.717, 1.165) is 12.8 Å². The molecule has 0 aromatic carbocycles. The molecular weight excluding hydrogens is 222 g/mol. The molecule has 88 valence electrons. The van der Waals surface area contributed by atoms with Gasteiger partial charge in [-0.15, -0.1) is 11.3 Å². The van der Waals surface area contributed by atoms with E-state index in [1.54, 1.807) is 6.20 Å². The van der Waals surface area contributed by atoms with Gasteiger partial charge in [-0.05, 0) is 12.8 Å². The Kier molecular flexibility index (Phi) is 4.04. The van der Waals surface area contributed by atoms with E-state index < -0.39 is 0 Å². The highest BCUT2D eigenvalue weighted by atomic mass is 32.1. The lowest BCUT2D eigenvalue weighted by Crippen LogP contribution is -2.48. The van der Waals surface area contributed by atoms with Crippen LogP contribution in [0.25, 0.3) is 0 Å². The highest BCUT2D eigenvalue weighted by Crippen LogP contribution is 2.16. The molecule has 0 saturated heterocycles. The minimum absolute atomic E-state index is 0.0628. The second-order valence-electron chi connectivity index (χ2n) is 4.20. The molecule has 0 radical (unpaired) electrons. The number of ketones is 1. The first-order valence-corrected chi connectivity index (χ1v) is 6.57.